The number of aryl methyl sites for hydroxylation is 2. The number of hydrogen-bond donors (Lipinski definition) is 1. The lowest BCUT2D eigenvalue weighted by Crippen LogP contribution is -2.17. The van der Waals surface area contributed by atoms with Gasteiger partial charge in [0.15, 0.2) is 0 Å². The Balaban J connectivity index is 1.65. The number of ether oxygens (including phenoxy) is 1. The Hall–Kier alpha value is -1.80. The molecule has 2 aromatic carbocycles. The molecule has 2 aromatic rings. The smallest absolute Gasteiger partial charge is 0.122 e. The van der Waals surface area contributed by atoms with Crippen LogP contribution in [0.3, 0.4) is 0 Å². The van der Waals surface area contributed by atoms with Crippen molar-refractivity contribution < 1.29 is 4.74 Å². The fraction of sp³-hybridized carbons (Fsp3) is 0.520. The highest BCUT2D eigenvalue weighted by molar-refractivity contribution is 5.40. The minimum absolute atomic E-state index is 0.520. The van der Waals surface area contributed by atoms with Crippen molar-refractivity contribution in [2.75, 3.05) is 13.7 Å². The zero-order valence-electron chi connectivity index (χ0n) is 17.3. The van der Waals surface area contributed by atoms with E-state index in [4.69, 9.17) is 10.5 Å². The van der Waals surface area contributed by atoms with Crippen molar-refractivity contribution in [1.82, 2.24) is 0 Å². The van der Waals surface area contributed by atoms with Gasteiger partial charge in [0.1, 0.15) is 5.75 Å². The average molecular weight is 366 g/mol. The van der Waals surface area contributed by atoms with E-state index in [0.717, 1.165) is 24.6 Å². The van der Waals surface area contributed by atoms with Gasteiger partial charge in [0, 0.05) is 0 Å². The second-order valence-electron chi connectivity index (χ2n) is 8.15. The molecule has 2 nitrogen and oxygen atoms in total. The van der Waals surface area contributed by atoms with Gasteiger partial charge >= 0.3 is 0 Å². The van der Waals surface area contributed by atoms with E-state index in [-0.39, 0.29) is 0 Å². The van der Waals surface area contributed by atoms with E-state index in [2.05, 4.69) is 50.2 Å². The third-order valence-corrected chi connectivity index (χ3v) is 6.34. The Morgan fingerprint density at radius 2 is 2.04 bits per heavy atom. The number of rotatable bonds is 8. The van der Waals surface area contributed by atoms with Crippen LogP contribution >= 0.6 is 0 Å². The minimum atomic E-state index is 0.520. The molecule has 0 spiro atoms. The van der Waals surface area contributed by atoms with Crippen molar-refractivity contribution >= 4 is 0 Å². The first-order valence-electron chi connectivity index (χ1n) is 10.6. The summed E-state index contributed by atoms with van der Waals surface area (Å²) < 4.78 is 5.58. The highest BCUT2D eigenvalue weighted by Crippen LogP contribution is 2.33. The van der Waals surface area contributed by atoms with Crippen molar-refractivity contribution in [2.24, 2.45) is 11.7 Å². The summed E-state index contributed by atoms with van der Waals surface area (Å²) in [5.74, 6) is 2.33. The van der Waals surface area contributed by atoms with E-state index in [0.29, 0.717) is 5.92 Å². The van der Waals surface area contributed by atoms with E-state index in [1.54, 1.807) is 18.2 Å². The van der Waals surface area contributed by atoms with Crippen LogP contribution in [0.5, 0.6) is 5.75 Å². The molecule has 0 bridgehead atoms. The van der Waals surface area contributed by atoms with Crippen LogP contribution in [-0.4, -0.2) is 13.7 Å². The van der Waals surface area contributed by atoms with Gasteiger partial charge in [-0.05, 0) is 97.7 Å². The zero-order chi connectivity index (χ0) is 19.2. The SMILES string of the molecule is CCC[C@H](CN)c1ccc2c(c1)CC[C@@H](CCc1c(C)cccc1OC)C2. The van der Waals surface area contributed by atoms with Gasteiger partial charge in [-0.3, -0.25) is 0 Å². The summed E-state index contributed by atoms with van der Waals surface area (Å²) in [5, 5.41) is 0. The largest absolute Gasteiger partial charge is 0.496 e. The summed E-state index contributed by atoms with van der Waals surface area (Å²) in [6.07, 6.45) is 8.46. The van der Waals surface area contributed by atoms with Crippen molar-refractivity contribution in [1.29, 1.82) is 0 Å². The van der Waals surface area contributed by atoms with Gasteiger partial charge in [-0.15, -0.1) is 0 Å². The predicted molar refractivity (Wildman–Crippen MR) is 115 cm³/mol. The molecule has 0 unspecified atom stereocenters. The zero-order valence-corrected chi connectivity index (χ0v) is 17.3. The molecule has 27 heavy (non-hydrogen) atoms. The van der Waals surface area contributed by atoms with Crippen LogP contribution in [-0.2, 0) is 19.3 Å². The number of hydrogen-bond acceptors (Lipinski definition) is 2. The maximum absolute atomic E-state index is 6.01. The average Bonchev–Trinajstić information content (AvgIpc) is 2.70. The lowest BCUT2D eigenvalue weighted by Gasteiger charge is -2.26. The highest BCUT2D eigenvalue weighted by atomic mass is 16.5. The molecule has 2 atom stereocenters. The maximum Gasteiger partial charge on any atom is 0.122 e. The highest BCUT2D eigenvalue weighted by Gasteiger charge is 2.21. The van der Waals surface area contributed by atoms with Gasteiger partial charge in [0.2, 0.25) is 0 Å². The van der Waals surface area contributed by atoms with Crippen LogP contribution in [0, 0.1) is 12.8 Å². The lowest BCUT2D eigenvalue weighted by atomic mass is 9.79. The van der Waals surface area contributed by atoms with Gasteiger partial charge in [0.05, 0.1) is 7.11 Å². The number of nitrogens with two attached hydrogens (primary N) is 1. The number of methoxy groups -OCH3 is 1. The van der Waals surface area contributed by atoms with E-state index < -0.39 is 0 Å². The third-order valence-electron chi connectivity index (χ3n) is 6.34. The van der Waals surface area contributed by atoms with Gasteiger partial charge in [-0.1, -0.05) is 43.7 Å². The topological polar surface area (TPSA) is 35.2 Å². The monoisotopic (exact) mass is 365 g/mol. The first kappa shape index (κ1) is 19.9. The first-order valence-corrected chi connectivity index (χ1v) is 10.6. The molecule has 2 N–H and O–H groups in total. The van der Waals surface area contributed by atoms with E-state index in [9.17, 15) is 0 Å². The van der Waals surface area contributed by atoms with Crippen LogP contribution < -0.4 is 10.5 Å². The minimum Gasteiger partial charge on any atom is -0.496 e. The first-order chi connectivity index (χ1) is 13.2. The molecular weight excluding hydrogens is 330 g/mol. The van der Waals surface area contributed by atoms with Crippen LogP contribution in [0.15, 0.2) is 36.4 Å². The quantitative estimate of drug-likeness (QED) is 0.662. The Morgan fingerprint density at radius 3 is 2.78 bits per heavy atom. The third kappa shape index (κ3) is 4.73. The van der Waals surface area contributed by atoms with Crippen LogP contribution in [0.25, 0.3) is 0 Å². The summed E-state index contributed by atoms with van der Waals surface area (Å²) >= 11 is 0. The predicted octanol–water partition coefficient (Wildman–Crippen LogP) is 5.58. The molecular formula is C25H35NO. The molecule has 0 radical (unpaired) electrons. The fourth-order valence-corrected chi connectivity index (χ4v) is 4.66. The summed E-state index contributed by atoms with van der Waals surface area (Å²) in [6.45, 7) is 5.20. The van der Waals surface area contributed by atoms with Crippen LogP contribution in [0.1, 0.15) is 66.3 Å². The molecule has 0 saturated heterocycles. The van der Waals surface area contributed by atoms with E-state index in [1.807, 2.05) is 0 Å². The lowest BCUT2D eigenvalue weighted by molar-refractivity contribution is 0.397. The van der Waals surface area contributed by atoms with Crippen LogP contribution in [0.2, 0.25) is 0 Å². The molecule has 0 aromatic heterocycles. The van der Waals surface area contributed by atoms with E-state index >= 15 is 0 Å². The van der Waals surface area contributed by atoms with Crippen molar-refractivity contribution in [3.8, 4) is 5.75 Å². The number of benzene rings is 2. The molecule has 0 fully saturated rings. The Labute approximate surface area is 165 Å². The molecule has 0 heterocycles. The molecule has 0 saturated carbocycles. The van der Waals surface area contributed by atoms with Gasteiger partial charge in [-0.25, -0.2) is 0 Å². The molecule has 0 aliphatic heterocycles. The second kappa shape index (κ2) is 9.41. The molecule has 1 aliphatic carbocycles. The van der Waals surface area contributed by atoms with Crippen LogP contribution in [0.4, 0.5) is 0 Å². The summed E-state index contributed by atoms with van der Waals surface area (Å²) in [6, 6.07) is 13.5. The van der Waals surface area contributed by atoms with Crippen molar-refractivity contribution in [3.05, 3.63) is 64.2 Å². The van der Waals surface area contributed by atoms with Gasteiger partial charge in [0.25, 0.3) is 0 Å². The standard InChI is InChI=1S/C25H35NO/c1-4-6-23(17-26)22-13-12-20-15-19(9-11-21(20)16-22)10-14-24-18(2)7-5-8-25(24)27-3/h5,7-8,12-13,16,19,23H,4,6,9-11,14-15,17,26H2,1-3H3/t19-,23+/m0/s1. The van der Waals surface area contributed by atoms with Gasteiger partial charge < -0.3 is 10.5 Å². The Kier molecular flexibility index (Phi) is 6.95. The van der Waals surface area contributed by atoms with Crippen molar-refractivity contribution in [2.45, 2.75) is 64.7 Å². The van der Waals surface area contributed by atoms with Gasteiger partial charge in [-0.2, -0.15) is 0 Å². The fourth-order valence-electron chi connectivity index (χ4n) is 4.66. The molecule has 0 amide bonds. The van der Waals surface area contributed by atoms with Crippen molar-refractivity contribution in [3.63, 3.8) is 0 Å². The Morgan fingerprint density at radius 1 is 1.19 bits per heavy atom. The summed E-state index contributed by atoms with van der Waals surface area (Å²) in [7, 11) is 1.78. The summed E-state index contributed by atoms with van der Waals surface area (Å²) in [4.78, 5) is 0. The van der Waals surface area contributed by atoms with E-state index in [1.165, 1.54) is 55.2 Å². The summed E-state index contributed by atoms with van der Waals surface area (Å²) in [5.41, 5.74) is 13.3. The Bertz CT molecular complexity index is 752. The normalized spacial score (nSPS) is 17.4. The molecule has 3 rings (SSSR count). The second-order valence-corrected chi connectivity index (χ2v) is 8.15. The molecule has 146 valence electrons. The maximum atomic E-state index is 6.01. The molecule has 1 aliphatic rings. The number of fused-ring (bicyclic) bond motifs is 1. The molecule has 2 heteroatoms.